The van der Waals surface area contributed by atoms with Crippen molar-refractivity contribution >= 4 is 29.3 Å². The first-order chi connectivity index (χ1) is 19.7. The number of rotatable bonds is 20. The summed E-state index contributed by atoms with van der Waals surface area (Å²) in [6, 6.07) is 11.0. The van der Waals surface area contributed by atoms with Crippen molar-refractivity contribution in [2.24, 2.45) is 0 Å². The Labute approximate surface area is 235 Å². The normalized spacial score (nSPS) is 11.2. The van der Waals surface area contributed by atoms with Gasteiger partial charge in [0, 0.05) is 18.5 Å². The van der Waals surface area contributed by atoms with Crippen molar-refractivity contribution < 1.29 is 56.3 Å². The number of halogens is 3. The van der Waals surface area contributed by atoms with Crippen LogP contribution in [0.5, 0.6) is 0 Å². The second kappa shape index (κ2) is 18.6. The minimum atomic E-state index is -4.49. The highest BCUT2D eigenvalue weighted by Gasteiger charge is 2.30. The van der Waals surface area contributed by atoms with Crippen molar-refractivity contribution in [3.8, 4) is 0 Å². The van der Waals surface area contributed by atoms with E-state index in [-0.39, 0.29) is 63.7 Å². The lowest BCUT2D eigenvalue weighted by molar-refractivity contribution is -0.146. The van der Waals surface area contributed by atoms with Gasteiger partial charge in [-0.15, -0.1) is 0 Å². The summed E-state index contributed by atoms with van der Waals surface area (Å²) in [4.78, 5) is 34.4. The average Bonchev–Trinajstić information content (AvgIpc) is 2.93. The number of alkyl halides is 3. The molecular weight excluding hydrogens is 551 g/mol. The minimum absolute atomic E-state index is 0.0271. The second-order valence-corrected chi connectivity index (χ2v) is 8.54. The molecule has 0 atom stereocenters. The van der Waals surface area contributed by atoms with Crippen molar-refractivity contribution in [1.82, 2.24) is 0 Å². The largest absolute Gasteiger partial charge is 0.481 e. The van der Waals surface area contributed by atoms with Crippen molar-refractivity contribution in [2.75, 3.05) is 58.2 Å². The SMILES string of the molecule is O=C(O)CCCCC(=O)OCCOCCOCCOCCOC(=O)c1ccccc1Nc1cccc(C(F)(F)F)c1. The molecule has 0 saturated carbocycles. The zero-order valence-corrected chi connectivity index (χ0v) is 22.5. The van der Waals surface area contributed by atoms with Crippen LogP contribution in [0.25, 0.3) is 0 Å². The number of nitrogens with one attached hydrogen (secondary N) is 1. The van der Waals surface area contributed by atoms with E-state index in [1.807, 2.05) is 0 Å². The molecule has 0 fully saturated rings. The van der Waals surface area contributed by atoms with Gasteiger partial charge in [0.15, 0.2) is 0 Å². The first-order valence-corrected chi connectivity index (χ1v) is 13.0. The summed E-state index contributed by atoms with van der Waals surface area (Å²) < 4.78 is 65.1. The third kappa shape index (κ3) is 14.5. The Kier molecular flexibility index (Phi) is 15.2. The van der Waals surface area contributed by atoms with Crippen LogP contribution in [0, 0.1) is 0 Å². The van der Waals surface area contributed by atoms with E-state index in [9.17, 15) is 27.6 Å². The zero-order valence-electron chi connectivity index (χ0n) is 22.5. The topological polar surface area (TPSA) is 130 Å². The Bertz CT molecular complexity index is 1100. The maximum absolute atomic E-state index is 13.0. The van der Waals surface area contributed by atoms with Crippen molar-refractivity contribution in [2.45, 2.75) is 31.9 Å². The minimum Gasteiger partial charge on any atom is -0.481 e. The summed E-state index contributed by atoms with van der Waals surface area (Å²) in [5.41, 5.74) is -0.157. The van der Waals surface area contributed by atoms with E-state index in [0.717, 1.165) is 12.1 Å². The summed E-state index contributed by atoms with van der Waals surface area (Å²) in [7, 11) is 0. The van der Waals surface area contributed by atoms with Gasteiger partial charge in [-0.05, 0) is 43.2 Å². The van der Waals surface area contributed by atoms with Gasteiger partial charge in [0.25, 0.3) is 0 Å². The van der Waals surface area contributed by atoms with E-state index in [1.165, 1.54) is 18.2 Å². The molecule has 13 heteroatoms. The molecule has 2 aromatic carbocycles. The molecule has 41 heavy (non-hydrogen) atoms. The summed E-state index contributed by atoms with van der Waals surface area (Å²) >= 11 is 0. The fourth-order valence-corrected chi connectivity index (χ4v) is 3.34. The number of unbranched alkanes of at least 4 members (excludes halogenated alkanes) is 1. The molecule has 0 aliphatic heterocycles. The van der Waals surface area contributed by atoms with Gasteiger partial charge in [-0.1, -0.05) is 18.2 Å². The third-order valence-electron chi connectivity index (χ3n) is 5.33. The number of carbonyl (C=O) groups excluding carboxylic acids is 2. The average molecular weight is 586 g/mol. The second-order valence-electron chi connectivity index (χ2n) is 8.54. The van der Waals surface area contributed by atoms with Crippen LogP contribution < -0.4 is 5.32 Å². The highest BCUT2D eigenvalue weighted by Crippen LogP contribution is 2.32. The van der Waals surface area contributed by atoms with Gasteiger partial charge in [-0.2, -0.15) is 13.2 Å². The van der Waals surface area contributed by atoms with E-state index in [4.69, 9.17) is 28.8 Å². The Morgan fingerprint density at radius 2 is 1.32 bits per heavy atom. The third-order valence-corrected chi connectivity index (χ3v) is 5.33. The summed E-state index contributed by atoms with van der Waals surface area (Å²) in [6.45, 7) is 1.54. The maximum atomic E-state index is 13.0. The number of aliphatic carboxylic acids is 1. The molecule has 2 aromatic rings. The standard InChI is InChI=1S/C28H34F3NO9/c29-28(30,31)21-6-5-7-22(20-21)32-24-9-2-1-8-23(24)27(36)41-19-17-39-15-13-37-12-14-38-16-18-40-26(35)11-4-3-10-25(33)34/h1-2,5-9,20,32H,3-4,10-19H2,(H,33,34). The van der Waals surface area contributed by atoms with Gasteiger partial charge in [0.1, 0.15) is 13.2 Å². The van der Waals surface area contributed by atoms with Crippen LogP contribution in [-0.4, -0.2) is 75.9 Å². The molecular formula is C28H34F3NO9. The van der Waals surface area contributed by atoms with Crippen LogP contribution in [-0.2, 0) is 39.4 Å². The smallest absolute Gasteiger partial charge is 0.416 e. The number of ether oxygens (including phenoxy) is 5. The lowest BCUT2D eigenvalue weighted by atomic mass is 10.1. The van der Waals surface area contributed by atoms with Crippen LogP contribution in [0.4, 0.5) is 24.5 Å². The predicted molar refractivity (Wildman–Crippen MR) is 141 cm³/mol. The Balaban J connectivity index is 1.52. The van der Waals surface area contributed by atoms with Crippen molar-refractivity contribution in [1.29, 1.82) is 0 Å². The number of benzene rings is 2. The number of carboxylic acids is 1. The first-order valence-electron chi connectivity index (χ1n) is 13.0. The Morgan fingerprint density at radius 1 is 0.732 bits per heavy atom. The van der Waals surface area contributed by atoms with E-state index in [1.54, 1.807) is 18.2 Å². The molecule has 0 saturated heterocycles. The molecule has 10 nitrogen and oxygen atoms in total. The molecule has 2 N–H and O–H groups in total. The summed E-state index contributed by atoms with van der Waals surface area (Å²) in [6.07, 6.45) is -3.40. The molecule has 0 aromatic heterocycles. The predicted octanol–water partition coefficient (Wildman–Crippen LogP) is 4.84. The monoisotopic (exact) mass is 585 g/mol. The molecule has 0 amide bonds. The highest BCUT2D eigenvalue weighted by atomic mass is 19.4. The van der Waals surface area contributed by atoms with Gasteiger partial charge in [0.05, 0.1) is 56.5 Å². The number of carboxylic acid groups (broad SMARTS) is 1. The van der Waals surface area contributed by atoms with Gasteiger partial charge in [0.2, 0.25) is 0 Å². The fraction of sp³-hybridized carbons (Fsp3) is 0.464. The lowest BCUT2D eigenvalue weighted by Crippen LogP contribution is -2.15. The van der Waals surface area contributed by atoms with Gasteiger partial charge >= 0.3 is 24.1 Å². The van der Waals surface area contributed by atoms with Crippen molar-refractivity contribution in [3.63, 3.8) is 0 Å². The zero-order chi connectivity index (χ0) is 29.9. The van der Waals surface area contributed by atoms with E-state index < -0.39 is 29.6 Å². The highest BCUT2D eigenvalue weighted by molar-refractivity contribution is 5.96. The number of para-hydroxylation sites is 1. The van der Waals surface area contributed by atoms with Gasteiger partial charge in [-0.25, -0.2) is 4.79 Å². The van der Waals surface area contributed by atoms with E-state index in [2.05, 4.69) is 5.32 Å². The lowest BCUT2D eigenvalue weighted by Gasteiger charge is -2.13. The maximum Gasteiger partial charge on any atom is 0.416 e. The van der Waals surface area contributed by atoms with Crippen LogP contribution in [0.3, 0.4) is 0 Å². The molecule has 0 spiro atoms. The number of carbonyl (C=O) groups is 3. The number of hydrogen-bond donors (Lipinski definition) is 2. The van der Waals surface area contributed by atoms with Crippen LogP contribution >= 0.6 is 0 Å². The quantitative estimate of drug-likeness (QED) is 0.164. The Hall–Kier alpha value is -3.68. The van der Waals surface area contributed by atoms with Gasteiger partial charge < -0.3 is 34.1 Å². The number of hydrogen-bond acceptors (Lipinski definition) is 9. The molecule has 0 heterocycles. The van der Waals surface area contributed by atoms with Crippen LogP contribution in [0.2, 0.25) is 0 Å². The molecule has 0 aliphatic rings. The molecule has 0 bridgehead atoms. The Morgan fingerprint density at radius 3 is 1.95 bits per heavy atom. The number of anilines is 2. The molecule has 2 rings (SSSR count). The number of esters is 2. The van der Waals surface area contributed by atoms with Crippen LogP contribution in [0.1, 0.15) is 41.6 Å². The molecule has 226 valence electrons. The fourth-order valence-electron chi connectivity index (χ4n) is 3.34. The molecule has 0 aliphatic carbocycles. The summed E-state index contributed by atoms with van der Waals surface area (Å²) in [5, 5.41) is 11.4. The van der Waals surface area contributed by atoms with Crippen LogP contribution in [0.15, 0.2) is 48.5 Å². The first kappa shape index (κ1) is 33.5. The molecule has 0 radical (unpaired) electrons. The van der Waals surface area contributed by atoms with Crippen molar-refractivity contribution in [3.05, 3.63) is 59.7 Å². The van der Waals surface area contributed by atoms with E-state index >= 15 is 0 Å². The van der Waals surface area contributed by atoms with E-state index in [0.29, 0.717) is 31.7 Å². The van der Waals surface area contributed by atoms with Gasteiger partial charge in [-0.3, -0.25) is 9.59 Å². The molecule has 0 unspecified atom stereocenters. The summed E-state index contributed by atoms with van der Waals surface area (Å²) in [5.74, 6) is -1.94.